The van der Waals surface area contributed by atoms with Crippen LogP contribution >= 0.6 is 11.6 Å². The Morgan fingerprint density at radius 2 is 2.03 bits per heavy atom. The van der Waals surface area contributed by atoms with Gasteiger partial charge < -0.3 is 20.6 Å². The summed E-state index contributed by atoms with van der Waals surface area (Å²) in [7, 11) is 0. The first-order valence-electron chi connectivity index (χ1n) is 12.0. The fraction of sp³-hybridized carbons (Fsp3) is 0.458. The molecule has 1 aliphatic heterocycles. The van der Waals surface area contributed by atoms with Crippen LogP contribution in [0.3, 0.4) is 0 Å². The lowest BCUT2D eigenvalue weighted by molar-refractivity contribution is 0.115. The molecule has 1 aromatic carbocycles. The summed E-state index contributed by atoms with van der Waals surface area (Å²) >= 11 is 6.89. The lowest BCUT2D eigenvalue weighted by Crippen LogP contribution is -2.53. The molecule has 5 rings (SSSR count). The van der Waals surface area contributed by atoms with Crippen molar-refractivity contribution in [3.8, 4) is 12.1 Å². The number of nitrogens with zero attached hydrogens (tertiary/aromatic N) is 8. The van der Waals surface area contributed by atoms with E-state index in [1.807, 2.05) is 0 Å². The van der Waals surface area contributed by atoms with Crippen molar-refractivity contribution in [2.75, 3.05) is 41.7 Å². The predicted octanol–water partition coefficient (Wildman–Crippen LogP) is 2.73. The standard InChI is InChI=1S/C24H27ClN10O/c1-14-12-33(13-15(2)36)5-6-34(14)20-8-16(9-26)7-19(21(20)25)30-23-31-22-17(10-27)11-28-35(22)24(32-23)29-18-3-4-18/h7-8,11,14-15,18,36H,3-6,12-13H2,1-2H3,(H2,29,30,31,32)/t14-,15+/m0/s1. The van der Waals surface area contributed by atoms with Crippen molar-refractivity contribution in [2.24, 2.45) is 0 Å². The molecule has 0 amide bonds. The predicted molar refractivity (Wildman–Crippen MR) is 137 cm³/mol. The van der Waals surface area contributed by atoms with Crippen molar-refractivity contribution in [3.63, 3.8) is 0 Å². The van der Waals surface area contributed by atoms with E-state index in [-0.39, 0.29) is 18.1 Å². The topological polar surface area (TPSA) is 141 Å². The number of halogens is 1. The number of hydrogen-bond acceptors (Lipinski definition) is 10. The average molecular weight is 507 g/mol. The molecule has 11 nitrogen and oxygen atoms in total. The number of anilines is 4. The van der Waals surface area contributed by atoms with Crippen LogP contribution in [0.4, 0.5) is 23.3 Å². The molecule has 3 N–H and O–H groups in total. The first-order chi connectivity index (χ1) is 17.4. The van der Waals surface area contributed by atoms with E-state index in [4.69, 9.17) is 11.6 Å². The largest absolute Gasteiger partial charge is 0.392 e. The van der Waals surface area contributed by atoms with Gasteiger partial charge in [0, 0.05) is 38.3 Å². The van der Waals surface area contributed by atoms with Crippen molar-refractivity contribution in [2.45, 2.75) is 44.9 Å². The number of benzene rings is 1. The molecule has 1 saturated carbocycles. The minimum atomic E-state index is -0.390. The quantitative estimate of drug-likeness (QED) is 0.437. The Balaban J connectivity index is 1.48. The van der Waals surface area contributed by atoms with Crippen LogP contribution in [0, 0.1) is 22.7 Å². The average Bonchev–Trinajstić information content (AvgIpc) is 3.56. The Morgan fingerprint density at radius 3 is 2.69 bits per heavy atom. The van der Waals surface area contributed by atoms with E-state index in [0.717, 1.165) is 31.6 Å². The molecule has 2 fully saturated rings. The summed E-state index contributed by atoms with van der Waals surface area (Å²) in [6, 6.07) is 8.24. The third-order valence-corrected chi connectivity index (χ3v) is 6.77. The van der Waals surface area contributed by atoms with Crippen LogP contribution in [0.25, 0.3) is 5.65 Å². The molecule has 3 aromatic rings. The van der Waals surface area contributed by atoms with E-state index in [1.165, 1.54) is 10.7 Å². The number of aliphatic hydroxyl groups excluding tert-OH is 1. The zero-order valence-corrected chi connectivity index (χ0v) is 20.9. The van der Waals surface area contributed by atoms with Gasteiger partial charge in [-0.1, -0.05) is 11.6 Å². The highest BCUT2D eigenvalue weighted by atomic mass is 35.5. The molecule has 0 unspecified atom stereocenters. The van der Waals surface area contributed by atoms with Crippen LogP contribution in [0.15, 0.2) is 18.3 Å². The Bertz CT molecular complexity index is 1370. The number of aromatic nitrogens is 4. The van der Waals surface area contributed by atoms with Gasteiger partial charge in [0.2, 0.25) is 11.9 Å². The fourth-order valence-corrected chi connectivity index (χ4v) is 4.81. The zero-order chi connectivity index (χ0) is 25.4. The van der Waals surface area contributed by atoms with Gasteiger partial charge in [0.25, 0.3) is 0 Å². The summed E-state index contributed by atoms with van der Waals surface area (Å²) < 4.78 is 1.52. The van der Waals surface area contributed by atoms with Gasteiger partial charge >= 0.3 is 0 Å². The van der Waals surface area contributed by atoms with Crippen LogP contribution in [0.2, 0.25) is 5.02 Å². The Hall–Kier alpha value is -3.64. The normalized spacial score (nSPS) is 19.1. The summed E-state index contributed by atoms with van der Waals surface area (Å²) in [5, 5.41) is 40.2. The second-order valence-corrected chi connectivity index (χ2v) is 9.82. The van der Waals surface area contributed by atoms with Gasteiger partial charge in [0.15, 0.2) is 5.65 Å². The number of hydrogen-bond donors (Lipinski definition) is 3. The Kier molecular flexibility index (Phi) is 6.54. The van der Waals surface area contributed by atoms with Crippen LogP contribution in [0.1, 0.15) is 37.8 Å². The third-order valence-electron chi connectivity index (χ3n) is 6.37. The van der Waals surface area contributed by atoms with Gasteiger partial charge in [-0.15, -0.1) is 0 Å². The third kappa shape index (κ3) is 4.86. The van der Waals surface area contributed by atoms with Gasteiger partial charge in [-0.05, 0) is 38.8 Å². The number of fused-ring (bicyclic) bond motifs is 1. The number of nitriles is 2. The molecule has 2 aromatic heterocycles. The van der Waals surface area contributed by atoms with Gasteiger partial charge in [-0.25, -0.2) is 0 Å². The Labute approximate surface area is 213 Å². The fourth-order valence-electron chi connectivity index (χ4n) is 4.54. The summed E-state index contributed by atoms with van der Waals surface area (Å²) in [5.41, 5.74) is 2.43. The van der Waals surface area contributed by atoms with Gasteiger partial charge in [-0.3, -0.25) is 4.90 Å². The van der Waals surface area contributed by atoms with E-state index in [2.05, 4.69) is 54.6 Å². The van der Waals surface area contributed by atoms with Gasteiger partial charge in [0.05, 0.1) is 40.3 Å². The molecular weight excluding hydrogens is 480 g/mol. The maximum Gasteiger partial charge on any atom is 0.232 e. The molecule has 2 aliphatic rings. The minimum Gasteiger partial charge on any atom is -0.392 e. The van der Waals surface area contributed by atoms with Crippen molar-refractivity contribution < 1.29 is 5.11 Å². The molecule has 36 heavy (non-hydrogen) atoms. The van der Waals surface area contributed by atoms with E-state index in [0.29, 0.717) is 52.6 Å². The van der Waals surface area contributed by atoms with Crippen LogP contribution in [-0.2, 0) is 0 Å². The highest BCUT2D eigenvalue weighted by Gasteiger charge is 2.28. The maximum absolute atomic E-state index is 9.76. The van der Waals surface area contributed by atoms with Crippen molar-refractivity contribution in [3.05, 3.63) is 34.5 Å². The lowest BCUT2D eigenvalue weighted by Gasteiger charge is -2.42. The van der Waals surface area contributed by atoms with E-state index < -0.39 is 0 Å². The number of rotatable bonds is 7. The second kappa shape index (κ2) is 9.78. The first kappa shape index (κ1) is 24.1. The highest BCUT2D eigenvalue weighted by Crippen LogP contribution is 2.37. The summed E-state index contributed by atoms with van der Waals surface area (Å²) in [5.74, 6) is 0.738. The van der Waals surface area contributed by atoms with E-state index in [1.54, 1.807) is 19.1 Å². The molecule has 0 bridgehead atoms. The molecule has 0 radical (unpaired) electrons. The smallest absolute Gasteiger partial charge is 0.232 e. The maximum atomic E-state index is 9.76. The van der Waals surface area contributed by atoms with Crippen molar-refractivity contribution >= 4 is 40.5 Å². The van der Waals surface area contributed by atoms with Crippen LogP contribution in [-0.4, -0.2) is 74.0 Å². The SMILES string of the molecule is C[C@@H](O)CN1CCN(c2cc(C#N)cc(Nc3nc(NC4CC4)n4ncc(C#N)c4n3)c2Cl)[C@@H](C)C1. The Morgan fingerprint density at radius 1 is 1.22 bits per heavy atom. The number of aliphatic hydroxyl groups is 1. The lowest BCUT2D eigenvalue weighted by atomic mass is 10.1. The van der Waals surface area contributed by atoms with Crippen molar-refractivity contribution in [1.29, 1.82) is 10.5 Å². The molecule has 3 heterocycles. The van der Waals surface area contributed by atoms with Gasteiger partial charge in [0.1, 0.15) is 11.6 Å². The number of piperazine rings is 1. The summed E-state index contributed by atoms with van der Waals surface area (Å²) in [4.78, 5) is 13.5. The molecule has 1 saturated heterocycles. The molecule has 0 spiro atoms. The van der Waals surface area contributed by atoms with Gasteiger partial charge in [-0.2, -0.15) is 30.1 Å². The zero-order valence-electron chi connectivity index (χ0n) is 20.1. The molecular formula is C24H27ClN10O. The van der Waals surface area contributed by atoms with E-state index in [9.17, 15) is 15.6 Å². The molecule has 1 aliphatic carbocycles. The molecule has 2 atom stereocenters. The monoisotopic (exact) mass is 506 g/mol. The van der Waals surface area contributed by atoms with Crippen LogP contribution < -0.4 is 15.5 Å². The highest BCUT2D eigenvalue weighted by molar-refractivity contribution is 6.36. The minimum absolute atomic E-state index is 0.128. The number of β-amino-alcohol motifs (C(OH)–C–C–N with tert-alkyl or cyclic N) is 1. The van der Waals surface area contributed by atoms with E-state index >= 15 is 0 Å². The first-order valence-corrected chi connectivity index (χ1v) is 12.3. The van der Waals surface area contributed by atoms with Crippen LogP contribution in [0.5, 0.6) is 0 Å². The van der Waals surface area contributed by atoms with Crippen molar-refractivity contribution in [1.82, 2.24) is 24.5 Å². The number of nitrogens with one attached hydrogen (secondary N) is 2. The summed E-state index contributed by atoms with van der Waals surface area (Å²) in [6.45, 7) is 6.77. The molecule has 186 valence electrons. The second-order valence-electron chi connectivity index (χ2n) is 9.44. The molecule has 12 heteroatoms. The summed E-state index contributed by atoms with van der Waals surface area (Å²) in [6.07, 6.45) is 3.16.